The van der Waals surface area contributed by atoms with Crippen LogP contribution < -0.4 is 5.73 Å². The van der Waals surface area contributed by atoms with E-state index in [9.17, 15) is 5.11 Å². The van der Waals surface area contributed by atoms with Crippen LogP contribution >= 0.6 is 0 Å². The van der Waals surface area contributed by atoms with E-state index in [2.05, 4.69) is 4.90 Å². The van der Waals surface area contributed by atoms with Gasteiger partial charge in [0, 0.05) is 19.1 Å². The van der Waals surface area contributed by atoms with Gasteiger partial charge < -0.3 is 10.8 Å². The summed E-state index contributed by atoms with van der Waals surface area (Å²) >= 11 is 0. The number of nitrogens with two attached hydrogens (primary N) is 1. The maximum absolute atomic E-state index is 9.90. The molecule has 3 N–H and O–H groups in total. The van der Waals surface area contributed by atoms with E-state index in [1.165, 1.54) is 25.7 Å². The molecule has 0 amide bonds. The van der Waals surface area contributed by atoms with Crippen molar-refractivity contribution in [3.8, 4) is 0 Å². The maximum atomic E-state index is 9.90. The molecule has 0 aromatic heterocycles. The van der Waals surface area contributed by atoms with E-state index in [0.717, 1.165) is 32.5 Å². The summed E-state index contributed by atoms with van der Waals surface area (Å²) in [6, 6.07) is 0.516. The van der Waals surface area contributed by atoms with Crippen molar-refractivity contribution in [3.63, 3.8) is 0 Å². The van der Waals surface area contributed by atoms with Crippen molar-refractivity contribution in [2.24, 2.45) is 5.73 Å². The van der Waals surface area contributed by atoms with Gasteiger partial charge in [0.1, 0.15) is 0 Å². The third kappa shape index (κ3) is 2.47. The van der Waals surface area contributed by atoms with Crippen molar-refractivity contribution in [1.29, 1.82) is 0 Å². The van der Waals surface area contributed by atoms with Crippen LogP contribution in [-0.2, 0) is 0 Å². The van der Waals surface area contributed by atoms with Crippen LogP contribution in [0.2, 0.25) is 0 Å². The second kappa shape index (κ2) is 4.17. The second-order valence-electron chi connectivity index (χ2n) is 4.93. The second-order valence-corrected chi connectivity index (χ2v) is 4.93. The molecule has 82 valence electrons. The molecule has 0 spiro atoms. The van der Waals surface area contributed by atoms with Gasteiger partial charge in [-0.05, 0) is 32.2 Å². The predicted molar refractivity (Wildman–Crippen MR) is 57.1 cm³/mol. The Morgan fingerprint density at radius 1 is 1.29 bits per heavy atom. The van der Waals surface area contributed by atoms with Crippen LogP contribution in [0.4, 0.5) is 0 Å². The van der Waals surface area contributed by atoms with Gasteiger partial charge in [-0.3, -0.25) is 4.90 Å². The van der Waals surface area contributed by atoms with E-state index in [1.54, 1.807) is 0 Å². The van der Waals surface area contributed by atoms with Gasteiger partial charge in [-0.1, -0.05) is 12.8 Å². The standard InChI is InChI=1S/C11H22N2O/c12-8-10-4-2-1-3-7-13(10)9-11(14)5-6-11/h10,14H,1-9,12H2. The summed E-state index contributed by atoms with van der Waals surface area (Å²) in [5.74, 6) is 0. The SMILES string of the molecule is NCC1CCCCCN1CC1(O)CC1. The molecule has 1 unspecified atom stereocenters. The quantitative estimate of drug-likeness (QED) is 0.702. The lowest BCUT2D eigenvalue weighted by Gasteiger charge is -2.30. The zero-order chi connectivity index (χ0) is 10.0. The van der Waals surface area contributed by atoms with Crippen molar-refractivity contribution in [1.82, 2.24) is 4.90 Å². The van der Waals surface area contributed by atoms with Gasteiger partial charge in [0.15, 0.2) is 0 Å². The van der Waals surface area contributed by atoms with Crippen LogP contribution in [0.15, 0.2) is 0 Å². The fourth-order valence-electron chi connectivity index (χ4n) is 2.39. The normalized spacial score (nSPS) is 32.6. The molecular formula is C11H22N2O. The monoisotopic (exact) mass is 198 g/mol. The van der Waals surface area contributed by atoms with Crippen LogP contribution in [0, 0.1) is 0 Å². The maximum Gasteiger partial charge on any atom is 0.0776 e. The van der Waals surface area contributed by atoms with Crippen molar-refractivity contribution < 1.29 is 5.11 Å². The molecule has 0 bridgehead atoms. The van der Waals surface area contributed by atoms with Gasteiger partial charge in [0.25, 0.3) is 0 Å². The van der Waals surface area contributed by atoms with E-state index < -0.39 is 0 Å². The molecule has 2 aliphatic rings. The van der Waals surface area contributed by atoms with Gasteiger partial charge in [-0.25, -0.2) is 0 Å². The summed E-state index contributed by atoms with van der Waals surface area (Å²) in [6.07, 6.45) is 7.09. The zero-order valence-electron chi connectivity index (χ0n) is 8.91. The first-order chi connectivity index (χ1) is 6.73. The number of β-amino-alcohol motifs (C(OH)–C–C–N with tert-alkyl or cyclic N) is 1. The fourth-order valence-corrected chi connectivity index (χ4v) is 2.39. The molecular weight excluding hydrogens is 176 g/mol. The minimum absolute atomic E-state index is 0.349. The van der Waals surface area contributed by atoms with Crippen molar-refractivity contribution in [2.75, 3.05) is 19.6 Å². The van der Waals surface area contributed by atoms with Crippen molar-refractivity contribution in [2.45, 2.75) is 50.2 Å². The summed E-state index contributed by atoms with van der Waals surface area (Å²) in [5, 5.41) is 9.90. The number of aliphatic hydroxyl groups is 1. The first kappa shape index (κ1) is 10.4. The van der Waals surface area contributed by atoms with Crippen LogP contribution in [0.3, 0.4) is 0 Å². The molecule has 1 atom stereocenters. The average Bonchev–Trinajstić information content (AvgIpc) is 2.91. The van der Waals surface area contributed by atoms with E-state index in [-0.39, 0.29) is 5.60 Å². The highest BCUT2D eigenvalue weighted by molar-refractivity contribution is 4.97. The number of nitrogens with zero attached hydrogens (tertiary/aromatic N) is 1. The lowest BCUT2D eigenvalue weighted by Crippen LogP contribution is -2.44. The molecule has 1 saturated carbocycles. The molecule has 0 aromatic carbocycles. The topological polar surface area (TPSA) is 49.5 Å². The molecule has 2 rings (SSSR count). The molecule has 3 nitrogen and oxygen atoms in total. The summed E-state index contributed by atoms with van der Waals surface area (Å²) < 4.78 is 0. The Morgan fingerprint density at radius 2 is 2.07 bits per heavy atom. The van der Waals surface area contributed by atoms with Gasteiger partial charge in [-0.2, -0.15) is 0 Å². The minimum Gasteiger partial charge on any atom is -0.389 e. The van der Waals surface area contributed by atoms with E-state index in [1.807, 2.05) is 0 Å². The third-order valence-corrected chi connectivity index (χ3v) is 3.60. The van der Waals surface area contributed by atoms with Gasteiger partial charge in [-0.15, -0.1) is 0 Å². The molecule has 1 aliphatic heterocycles. The predicted octanol–water partition coefficient (Wildman–Crippen LogP) is 0.715. The summed E-state index contributed by atoms with van der Waals surface area (Å²) in [5.41, 5.74) is 5.43. The van der Waals surface area contributed by atoms with E-state index in [0.29, 0.717) is 6.04 Å². The number of rotatable bonds is 3. The molecule has 1 aliphatic carbocycles. The Kier molecular flexibility index (Phi) is 3.10. The molecule has 0 aromatic rings. The zero-order valence-corrected chi connectivity index (χ0v) is 8.91. The highest BCUT2D eigenvalue weighted by atomic mass is 16.3. The lowest BCUT2D eigenvalue weighted by molar-refractivity contribution is 0.0720. The molecule has 1 heterocycles. The van der Waals surface area contributed by atoms with E-state index >= 15 is 0 Å². The van der Waals surface area contributed by atoms with Gasteiger partial charge in [0.05, 0.1) is 5.60 Å². The molecule has 3 heteroatoms. The summed E-state index contributed by atoms with van der Waals surface area (Å²) in [4.78, 5) is 2.42. The summed E-state index contributed by atoms with van der Waals surface area (Å²) in [6.45, 7) is 2.73. The smallest absolute Gasteiger partial charge is 0.0776 e. The Balaban J connectivity index is 1.90. The van der Waals surface area contributed by atoms with Crippen molar-refractivity contribution in [3.05, 3.63) is 0 Å². The number of likely N-dealkylation sites (tertiary alicyclic amines) is 1. The van der Waals surface area contributed by atoms with Gasteiger partial charge >= 0.3 is 0 Å². The Hall–Kier alpha value is -0.120. The largest absolute Gasteiger partial charge is 0.389 e. The van der Waals surface area contributed by atoms with E-state index in [4.69, 9.17) is 5.73 Å². The molecule has 0 radical (unpaired) electrons. The first-order valence-electron chi connectivity index (χ1n) is 5.90. The lowest BCUT2D eigenvalue weighted by atomic mass is 10.1. The van der Waals surface area contributed by atoms with Crippen molar-refractivity contribution >= 4 is 0 Å². The molecule has 1 saturated heterocycles. The Bertz CT molecular complexity index is 192. The highest BCUT2D eigenvalue weighted by Gasteiger charge is 2.42. The highest BCUT2D eigenvalue weighted by Crippen LogP contribution is 2.36. The number of hydrogen-bond acceptors (Lipinski definition) is 3. The number of hydrogen-bond donors (Lipinski definition) is 2. The van der Waals surface area contributed by atoms with Crippen LogP contribution in [0.25, 0.3) is 0 Å². The van der Waals surface area contributed by atoms with Gasteiger partial charge in [0.2, 0.25) is 0 Å². The van der Waals surface area contributed by atoms with Crippen LogP contribution in [0.1, 0.15) is 38.5 Å². The van der Waals surface area contributed by atoms with Crippen LogP contribution in [0.5, 0.6) is 0 Å². The first-order valence-corrected chi connectivity index (χ1v) is 5.90. The molecule has 2 fully saturated rings. The third-order valence-electron chi connectivity index (χ3n) is 3.60. The Labute approximate surface area is 86.3 Å². The molecule has 14 heavy (non-hydrogen) atoms. The minimum atomic E-state index is -0.349. The Morgan fingerprint density at radius 3 is 2.71 bits per heavy atom. The fraction of sp³-hybridized carbons (Fsp3) is 1.00. The summed E-state index contributed by atoms with van der Waals surface area (Å²) in [7, 11) is 0. The average molecular weight is 198 g/mol. The van der Waals surface area contributed by atoms with Crippen LogP contribution in [-0.4, -0.2) is 41.3 Å².